The van der Waals surface area contributed by atoms with E-state index in [4.69, 9.17) is 56.8 Å². The minimum absolute atomic E-state index is 0.203. The van der Waals surface area contributed by atoms with E-state index in [0.29, 0.717) is 134 Å². The second-order valence-corrected chi connectivity index (χ2v) is 30.6. The maximum absolute atomic E-state index is 15.4. The lowest BCUT2D eigenvalue weighted by atomic mass is 9.97. The van der Waals surface area contributed by atoms with Crippen LogP contribution in [0.15, 0.2) is 146 Å². The van der Waals surface area contributed by atoms with Gasteiger partial charge in [-0.05, 0) is 160 Å². The zero-order chi connectivity index (χ0) is 103. The molecular formula is C94H82O47. The zero-order valence-electron chi connectivity index (χ0n) is 72.6. The number of aromatic hydroxyl groups is 24. The second kappa shape index (κ2) is 44.5. The summed E-state index contributed by atoms with van der Waals surface area (Å²) in [6.07, 6.45) is 2.56. The van der Waals surface area contributed by atoms with Crippen molar-refractivity contribution >= 4 is 65.7 Å². The number of allylic oxidation sites excluding steroid dienone is 4. The Kier molecular flexibility index (Phi) is 32.3. The summed E-state index contributed by atoms with van der Waals surface area (Å²) in [4.78, 5) is 157. The highest BCUT2D eigenvalue weighted by Gasteiger charge is 2.55. The monoisotopic (exact) mass is 1960 g/mol. The molecule has 740 valence electrons. The van der Waals surface area contributed by atoms with Crippen LogP contribution in [-0.2, 0) is 33.2 Å². The van der Waals surface area contributed by atoms with Crippen molar-refractivity contribution in [2.24, 2.45) is 0 Å². The van der Waals surface area contributed by atoms with Gasteiger partial charge in [0.2, 0.25) is 46.9 Å². The van der Waals surface area contributed by atoms with Crippen molar-refractivity contribution in [3.63, 3.8) is 0 Å². The van der Waals surface area contributed by atoms with Gasteiger partial charge in [0.25, 0.3) is 0 Å². The highest BCUT2D eigenvalue weighted by Crippen LogP contribution is 2.48. The van der Waals surface area contributed by atoms with Gasteiger partial charge in [0, 0.05) is 6.42 Å². The van der Waals surface area contributed by atoms with Crippen molar-refractivity contribution in [3.05, 3.63) is 201 Å². The van der Waals surface area contributed by atoms with Crippen molar-refractivity contribution in [3.8, 4) is 172 Å². The molecule has 0 radical (unpaired) electrons. The summed E-state index contributed by atoms with van der Waals surface area (Å²) in [6, 6.07) is 8.83. The number of ether oxygens (including phenoxy) is 12. The smallest absolute Gasteiger partial charge is 0.343 e. The van der Waals surface area contributed by atoms with Gasteiger partial charge >= 0.3 is 65.7 Å². The molecule has 1 aliphatic heterocycles. The van der Waals surface area contributed by atoms with E-state index in [0.717, 1.165) is 51.4 Å². The topological polar surface area (TPSA) is 784 Å². The third-order valence-electron chi connectivity index (χ3n) is 20.4. The first-order chi connectivity index (χ1) is 66.8. The number of esters is 11. The van der Waals surface area contributed by atoms with Gasteiger partial charge in [0.1, 0.15) is 12.7 Å². The molecule has 10 aromatic rings. The van der Waals surface area contributed by atoms with Crippen molar-refractivity contribution in [2.75, 3.05) is 6.61 Å². The number of carbonyl (C=O) groups is 11. The maximum Gasteiger partial charge on any atom is 0.343 e. The van der Waals surface area contributed by atoms with Crippen LogP contribution >= 0.6 is 0 Å². The van der Waals surface area contributed by atoms with Crippen molar-refractivity contribution < 1.29 is 232 Å². The van der Waals surface area contributed by atoms with Crippen LogP contribution in [-0.4, -0.2) is 226 Å². The summed E-state index contributed by atoms with van der Waals surface area (Å²) in [5, 5.41) is 255. The fourth-order valence-corrected chi connectivity index (χ4v) is 13.2. The molecule has 47 heteroatoms. The Labute approximate surface area is 789 Å². The third kappa shape index (κ3) is 24.8. The molecule has 1 heterocycles. The normalized spacial score (nSPS) is 14.3. The van der Waals surface area contributed by atoms with Crippen molar-refractivity contribution in [1.29, 1.82) is 0 Å². The second-order valence-electron chi connectivity index (χ2n) is 30.6. The summed E-state index contributed by atoms with van der Waals surface area (Å²) < 4.78 is 66.4. The summed E-state index contributed by atoms with van der Waals surface area (Å²) in [6.45, 7) is 0.413. The van der Waals surface area contributed by atoms with Crippen LogP contribution in [0.2, 0.25) is 0 Å². The van der Waals surface area contributed by atoms with E-state index in [1.54, 1.807) is 0 Å². The van der Waals surface area contributed by atoms with Gasteiger partial charge in [0.15, 0.2) is 150 Å². The first-order valence-electron chi connectivity index (χ1n) is 41.4. The van der Waals surface area contributed by atoms with E-state index in [1.165, 1.54) is 6.42 Å². The Morgan fingerprint density at radius 1 is 0.255 bits per heavy atom. The van der Waals surface area contributed by atoms with E-state index >= 15 is 19.2 Å². The van der Waals surface area contributed by atoms with E-state index in [-0.39, 0.29) is 6.42 Å². The molecule has 0 bridgehead atoms. The standard InChI is InChI=1S/C94H82O47/c1-2-3-4-5-6-7-8-9-10-11-12-13-14-15-16-17-70(110)137-80-62(108)31-43(32-63(80)109)89(125)135-65-34-45(27-58(104)76(65)116)90(126)138-81-69(38-130-84(120)44-26-57(103)75(115)64(33-44)131-85(121)39-18-49(95)71(111)50(96)19-39)136-94(141-93(129)48-30-61(107)79(119)68(37-48)134-88(124)42-24-55(101)74(114)56(102)25-42)83(140-92(128)47-29-60(106)78(118)67(36-47)133-87(123)41-22-53(99)73(113)54(100)23-41)82(81)139-91(127)46-28-59(105)77(117)66(35-46)132-86(122)40-20-51(97)72(112)52(98)21-40/h6-7,9-10,18-37,69,81-83,94-109,111-119H,2-5,8,11-17,38H2,1H3/b7-6-,10-9-/t69-,81-,82+,83-,94?/m1/s1. The molecule has 24 N–H and O–H groups in total. The molecule has 0 spiro atoms. The molecule has 47 nitrogen and oxygen atoms in total. The van der Waals surface area contributed by atoms with Gasteiger partial charge in [-0.1, -0.05) is 63.3 Å². The number of phenols is 24. The Balaban J connectivity index is 1.01. The number of carbonyl (C=O) groups excluding carboxylic acids is 11. The lowest BCUT2D eigenvalue weighted by Crippen LogP contribution is -2.63. The van der Waals surface area contributed by atoms with Crippen molar-refractivity contribution in [2.45, 2.75) is 115 Å². The number of hydrogen-bond acceptors (Lipinski definition) is 47. The average Bonchev–Trinajstić information content (AvgIpc) is 0.762. The Morgan fingerprint density at radius 2 is 0.504 bits per heavy atom. The van der Waals surface area contributed by atoms with Gasteiger partial charge in [-0.2, -0.15) is 0 Å². The molecule has 1 aliphatic rings. The van der Waals surface area contributed by atoms with Gasteiger partial charge in [-0.25, -0.2) is 47.9 Å². The fraction of sp³-hybridized carbons (Fsp3) is 0.202. The highest BCUT2D eigenvalue weighted by molar-refractivity contribution is 6.00. The van der Waals surface area contributed by atoms with Crippen molar-refractivity contribution in [1.82, 2.24) is 0 Å². The third-order valence-corrected chi connectivity index (χ3v) is 20.4. The number of rotatable bonds is 36. The Bertz CT molecular complexity index is 6550. The first kappa shape index (κ1) is 103. The predicted molar refractivity (Wildman–Crippen MR) is 466 cm³/mol. The summed E-state index contributed by atoms with van der Waals surface area (Å²) in [5.41, 5.74) is -9.93. The highest BCUT2D eigenvalue weighted by atomic mass is 16.8. The summed E-state index contributed by atoms with van der Waals surface area (Å²) >= 11 is 0. The minimum Gasteiger partial charge on any atom is -0.504 e. The number of benzene rings is 10. The van der Waals surface area contributed by atoms with E-state index in [1.807, 2.05) is 0 Å². The van der Waals surface area contributed by atoms with Gasteiger partial charge in [-0.3, -0.25) is 4.79 Å². The molecule has 141 heavy (non-hydrogen) atoms. The lowest BCUT2D eigenvalue weighted by Gasteiger charge is -2.43. The summed E-state index contributed by atoms with van der Waals surface area (Å²) in [5.74, 6) is -56.6. The van der Waals surface area contributed by atoms with Crippen LogP contribution in [0, 0.1) is 0 Å². The molecule has 0 aliphatic carbocycles. The summed E-state index contributed by atoms with van der Waals surface area (Å²) in [7, 11) is 0. The van der Waals surface area contributed by atoms with Crippen LogP contribution in [0.4, 0.5) is 0 Å². The zero-order valence-corrected chi connectivity index (χ0v) is 72.6. The van der Waals surface area contributed by atoms with Crippen LogP contribution < -0.4 is 28.4 Å². The van der Waals surface area contributed by atoms with Crippen LogP contribution in [0.3, 0.4) is 0 Å². The maximum atomic E-state index is 15.4. The van der Waals surface area contributed by atoms with Crippen LogP contribution in [0.1, 0.15) is 188 Å². The molecule has 1 fully saturated rings. The number of hydrogen-bond donors (Lipinski definition) is 24. The number of unbranched alkanes of at least 4 members (excludes halogenated alkanes) is 8. The predicted octanol–water partition coefficient (Wildman–Crippen LogP) is 10.9. The molecule has 10 aromatic carbocycles. The lowest BCUT2D eigenvalue weighted by molar-refractivity contribution is -0.282. The largest absolute Gasteiger partial charge is 0.504 e. The Hall–Kier alpha value is -19.0. The molecule has 1 saturated heterocycles. The molecule has 1 unspecified atom stereocenters. The van der Waals surface area contributed by atoms with E-state index in [2.05, 4.69) is 31.2 Å². The van der Waals surface area contributed by atoms with E-state index < -0.39 is 331 Å². The first-order valence-corrected chi connectivity index (χ1v) is 41.4. The average molecular weight is 1960 g/mol. The fourth-order valence-electron chi connectivity index (χ4n) is 13.2. The van der Waals surface area contributed by atoms with Gasteiger partial charge in [-0.15, -0.1) is 0 Å². The minimum atomic E-state index is -3.14. The Morgan fingerprint density at radius 3 is 0.816 bits per heavy atom. The van der Waals surface area contributed by atoms with Crippen LogP contribution in [0.25, 0.3) is 0 Å². The van der Waals surface area contributed by atoms with Gasteiger partial charge < -0.3 is 179 Å². The molecule has 11 rings (SSSR count). The van der Waals surface area contributed by atoms with Crippen LogP contribution in [0.5, 0.6) is 172 Å². The molecule has 0 amide bonds. The quantitative estimate of drug-likeness (QED) is 0.00433. The molecular weight excluding hydrogens is 1880 g/mol. The SMILES string of the molecule is CCCCC/C=C\C/C=C\CCCCCCCC(=O)Oc1c(O)cc(C(=O)Oc2cc(C(=O)O[C@H]3[C@H](OC(=O)c4cc(O)c(O)c(OC(=O)c5cc(O)c(O)c(O)c5)c4)[C@@H](OC(=O)c4cc(O)c(O)c(OC(=O)c5cc(O)c(O)c(O)c5)c4)C(OC(=O)c4cc(O)c(O)c(OC(=O)c5cc(O)c(O)c(O)c5)c4)O[C@@H]3COC(=O)c3cc(O)c(O)c(OC(=O)c4cc(O)c(O)c(O)c4)c3)cc(O)c2O)cc1O. The molecule has 0 aromatic heterocycles. The number of phenolic OH excluding ortho intramolecular Hbond substituents is 24. The molecule has 5 atom stereocenters. The molecule has 0 saturated carbocycles. The van der Waals surface area contributed by atoms with E-state index in [9.17, 15) is 156 Å². The van der Waals surface area contributed by atoms with Gasteiger partial charge in [0.05, 0.1) is 55.6 Å².